The number of nitrogens with one attached hydrogen (secondary N) is 1. The lowest BCUT2D eigenvalue weighted by molar-refractivity contribution is -0.117. The number of carbonyl (C=O) groups is 1. The van der Waals surface area contributed by atoms with E-state index in [0.29, 0.717) is 0 Å². The number of rotatable bonds is 5. The molecule has 3 heteroatoms. The Hall–Kier alpha value is -2.55. The Morgan fingerprint density at radius 3 is 2.68 bits per heavy atom. The average molecular weight is 335 g/mol. The fraction of sp³-hybridized carbons (Fsp3) is 0.318. The maximum atomic E-state index is 12.2. The quantitative estimate of drug-likeness (QED) is 0.819. The third kappa shape index (κ3) is 4.30. The number of carbonyl (C=O) groups excluding carboxylic acids is 1. The highest BCUT2D eigenvalue weighted by Gasteiger charge is 2.13. The minimum atomic E-state index is -0.101. The first kappa shape index (κ1) is 17.3. The second kappa shape index (κ2) is 8.02. The lowest BCUT2D eigenvalue weighted by Gasteiger charge is -2.19. The third-order valence-electron chi connectivity index (χ3n) is 4.78. The Balaban J connectivity index is 1.65. The van der Waals surface area contributed by atoms with E-state index in [1.165, 1.54) is 36.0 Å². The summed E-state index contributed by atoms with van der Waals surface area (Å²) in [6.07, 6.45) is 8.22. The summed E-state index contributed by atoms with van der Waals surface area (Å²) in [5, 5.41) is 3.04. The van der Waals surface area contributed by atoms with Crippen LogP contribution in [0.25, 0.3) is 6.08 Å². The molecule has 1 amide bonds. The summed E-state index contributed by atoms with van der Waals surface area (Å²) in [5.74, 6) is 0.658. The second-order valence-corrected chi connectivity index (χ2v) is 6.54. The van der Waals surface area contributed by atoms with E-state index in [1.807, 2.05) is 31.2 Å². The monoisotopic (exact) mass is 335 g/mol. The van der Waals surface area contributed by atoms with Gasteiger partial charge in [-0.15, -0.1) is 0 Å². The molecule has 3 rings (SSSR count). The summed E-state index contributed by atoms with van der Waals surface area (Å²) in [7, 11) is 1.63. The van der Waals surface area contributed by atoms with Gasteiger partial charge in [0, 0.05) is 11.6 Å². The minimum Gasteiger partial charge on any atom is -0.496 e. The summed E-state index contributed by atoms with van der Waals surface area (Å²) in [4.78, 5) is 12.2. The highest BCUT2D eigenvalue weighted by atomic mass is 16.5. The lowest BCUT2D eigenvalue weighted by atomic mass is 9.89. The van der Waals surface area contributed by atoms with E-state index in [1.54, 1.807) is 19.3 Å². The summed E-state index contributed by atoms with van der Waals surface area (Å²) in [6, 6.07) is 14.2. The van der Waals surface area contributed by atoms with Crippen LogP contribution in [0.3, 0.4) is 0 Å². The van der Waals surface area contributed by atoms with Crippen LogP contribution < -0.4 is 10.1 Å². The molecule has 0 heterocycles. The zero-order valence-corrected chi connectivity index (χ0v) is 14.9. The first-order valence-electron chi connectivity index (χ1n) is 8.90. The van der Waals surface area contributed by atoms with Crippen molar-refractivity contribution in [1.82, 2.24) is 5.32 Å². The number of benzene rings is 2. The van der Waals surface area contributed by atoms with Crippen molar-refractivity contribution in [2.75, 3.05) is 7.11 Å². The van der Waals surface area contributed by atoms with Crippen LogP contribution in [0.4, 0.5) is 0 Å². The molecule has 3 nitrogen and oxygen atoms in total. The zero-order chi connectivity index (χ0) is 17.6. The van der Waals surface area contributed by atoms with Crippen molar-refractivity contribution in [3.05, 3.63) is 70.8 Å². The number of ether oxygens (including phenoxy) is 1. The molecule has 25 heavy (non-hydrogen) atoms. The molecule has 2 aromatic rings. The molecule has 1 aliphatic rings. The second-order valence-electron chi connectivity index (χ2n) is 6.54. The number of para-hydroxylation sites is 1. The minimum absolute atomic E-state index is 0.0120. The van der Waals surface area contributed by atoms with Crippen molar-refractivity contribution in [2.45, 2.75) is 38.6 Å². The molecule has 0 saturated carbocycles. The van der Waals surface area contributed by atoms with Crippen LogP contribution >= 0.6 is 0 Å². The van der Waals surface area contributed by atoms with Gasteiger partial charge in [0.05, 0.1) is 13.2 Å². The third-order valence-corrected chi connectivity index (χ3v) is 4.78. The van der Waals surface area contributed by atoms with Gasteiger partial charge in [-0.3, -0.25) is 4.79 Å². The molecular formula is C22H25NO2. The number of hydrogen-bond donors (Lipinski definition) is 1. The number of fused-ring (bicyclic) bond motifs is 1. The highest BCUT2D eigenvalue weighted by molar-refractivity contribution is 5.92. The van der Waals surface area contributed by atoms with Gasteiger partial charge in [-0.05, 0) is 61.4 Å². The van der Waals surface area contributed by atoms with E-state index in [0.717, 1.165) is 17.7 Å². The molecule has 0 saturated heterocycles. The van der Waals surface area contributed by atoms with E-state index < -0.39 is 0 Å². The van der Waals surface area contributed by atoms with E-state index in [2.05, 4.69) is 23.5 Å². The fourth-order valence-corrected chi connectivity index (χ4v) is 3.34. The normalized spacial score (nSPS) is 14.8. The lowest BCUT2D eigenvalue weighted by Crippen LogP contribution is -2.24. The molecule has 0 spiro atoms. The largest absolute Gasteiger partial charge is 0.496 e. The summed E-state index contributed by atoms with van der Waals surface area (Å²) >= 11 is 0. The Morgan fingerprint density at radius 1 is 1.12 bits per heavy atom. The molecule has 0 bridgehead atoms. The molecule has 0 aliphatic heterocycles. The number of amides is 1. The van der Waals surface area contributed by atoms with Gasteiger partial charge in [-0.25, -0.2) is 0 Å². The Labute approximate surface area is 149 Å². The van der Waals surface area contributed by atoms with Gasteiger partial charge >= 0.3 is 0 Å². The summed E-state index contributed by atoms with van der Waals surface area (Å²) in [5.41, 5.74) is 4.96. The first-order valence-corrected chi connectivity index (χ1v) is 8.90. The molecule has 1 aliphatic carbocycles. The fourth-order valence-electron chi connectivity index (χ4n) is 3.34. The molecule has 1 N–H and O–H groups in total. The Morgan fingerprint density at radius 2 is 1.88 bits per heavy atom. The van der Waals surface area contributed by atoms with Crippen LogP contribution in [0.5, 0.6) is 5.75 Å². The molecular weight excluding hydrogens is 310 g/mol. The molecule has 0 aromatic heterocycles. The van der Waals surface area contributed by atoms with E-state index in [4.69, 9.17) is 4.74 Å². The molecule has 0 radical (unpaired) electrons. The predicted octanol–water partition coefficient (Wildman–Crippen LogP) is 4.46. The maximum absolute atomic E-state index is 12.2. The predicted molar refractivity (Wildman–Crippen MR) is 102 cm³/mol. The van der Waals surface area contributed by atoms with Crippen molar-refractivity contribution in [3.63, 3.8) is 0 Å². The van der Waals surface area contributed by atoms with Crippen molar-refractivity contribution >= 4 is 12.0 Å². The zero-order valence-electron chi connectivity index (χ0n) is 14.9. The Kier molecular flexibility index (Phi) is 5.54. The van der Waals surface area contributed by atoms with Crippen molar-refractivity contribution in [3.8, 4) is 5.75 Å². The highest BCUT2D eigenvalue weighted by Crippen LogP contribution is 2.25. The van der Waals surface area contributed by atoms with E-state index in [9.17, 15) is 4.79 Å². The smallest absolute Gasteiger partial charge is 0.244 e. The SMILES string of the molecule is COc1ccccc1/C=C/C(=O)NC(C)c1ccc2c(c1)CCCC2. The first-order chi connectivity index (χ1) is 12.2. The van der Waals surface area contributed by atoms with Gasteiger partial charge in [0.25, 0.3) is 0 Å². The van der Waals surface area contributed by atoms with E-state index >= 15 is 0 Å². The van der Waals surface area contributed by atoms with E-state index in [-0.39, 0.29) is 11.9 Å². The maximum Gasteiger partial charge on any atom is 0.244 e. The van der Waals surface area contributed by atoms with Crippen LogP contribution in [0.2, 0.25) is 0 Å². The molecule has 1 unspecified atom stereocenters. The van der Waals surface area contributed by atoms with Crippen LogP contribution in [-0.4, -0.2) is 13.0 Å². The molecule has 0 fully saturated rings. The Bertz CT molecular complexity index is 779. The number of methoxy groups -OCH3 is 1. The van der Waals surface area contributed by atoms with Gasteiger partial charge in [-0.2, -0.15) is 0 Å². The standard InChI is InChI=1S/C22H25NO2/c1-16(19-12-11-17-7-3-4-9-20(17)15-19)23-22(24)14-13-18-8-5-6-10-21(18)25-2/h5-6,8,10-16H,3-4,7,9H2,1-2H3,(H,23,24)/b14-13+. The van der Waals surface area contributed by atoms with Gasteiger partial charge in [0.2, 0.25) is 5.91 Å². The van der Waals surface area contributed by atoms with Crippen molar-refractivity contribution < 1.29 is 9.53 Å². The number of hydrogen-bond acceptors (Lipinski definition) is 2. The van der Waals surface area contributed by atoms with Crippen LogP contribution in [0.15, 0.2) is 48.5 Å². The molecule has 2 aromatic carbocycles. The summed E-state index contributed by atoms with van der Waals surface area (Å²) < 4.78 is 5.30. The van der Waals surface area contributed by atoms with Gasteiger partial charge in [0.15, 0.2) is 0 Å². The van der Waals surface area contributed by atoms with Crippen molar-refractivity contribution in [2.24, 2.45) is 0 Å². The van der Waals surface area contributed by atoms with Crippen LogP contribution in [-0.2, 0) is 17.6 Å². The average Bonchev–Trinajstić information content (AvgIpc) is 2.66. The van der Waals surface area contributed by atoms with Crippen LogP contribution in [0, 0.1) is 0 Å². The molecule has 130 valence electrons. The van der Waals surface area contributed by atoms with Crippen LogP contribution in [0.1, 0.15) is 48.1 Å². The topological polar surface area (TPSA) is 38.3 Å². The van der Waals surface area contributed by atoms with Gasteiger partial charge in [0.1, 0.15) is 5.75 Å². The number of aryl methyl sites for hydroxylation is 2. The molecule has 1 atom stereocenters. The van der Waals surface area contributed by atoms with Gasteiger partial charge in [-0.1, -0.05) is 36.4 Å². The van der Waals surface area contributed by atoms with Gasteiger partial charge < -0.3 is 10.1 Å². The van der Waals surface area contributed by atoms with Crippen molar-refractivity contribution in [1.29, 1.82) is 0 Å². The summed E-state index contributed by atoms with van der Waals surface area (Å²) in [6.45, 7) is 2.03.